The molecule has 2 N–H and O–H groups in total. The molecule has 0 aliphatic rings. The van der Waals surface area contributed by atoms with Crippen molar-refractivity contribution in [1.29, 1.82) is 0 Å². The Balaban J connectivity index is 0. The maximum atomic E-state index is 10.7. The van der Waals surface area contributed by atoms with Gasteiger partial charge in [-0.25, -0.2) is 0 Å². The molecule has 0 saturated heterocycles. The lowest BCUT2D eigenvalue weighted by Crippen LogP contribution is -2.25. The fourth-order valence-electron chi connectivity index (χ4n) is 0.731. The molecule has 0 aromatic carbocycles. The van der Waals surface area contributed by atoms with E-state index in [1.165, 1.54) is 7.11 Å². The van der Waals surface area contributed by atoms with Gasteiger partial charge in [-0.2, -0.15) is 0 Å². The fraction of sp³-hybridized carbons (Fsp3) is 0.714. The highest BCUT2D eigenvalue weighted by atomic mass is 35.5. The summed E-state index contributed by atoms with van der Waals surface area (Å²) in [4.78, 5) is 21.3. The minimum Gasteiger partial charge on any atom is -0.469 e. The quantitative estimate of drug-likeness (QED) is 0.664. The number of carbonyl (C=O) groups excluding carboxylic acids is 2. The molecule has 0 spiro atoms. The molecule has 72 valence electrons. The van der Waals surface area contributed by atoms with Crippen LogP contribution in [0, 0.1) is 5.92 Å². The maximum Gasteiger partial charge on any atom is 0.306 e. The van der Waals surface area contributed by atoms with Crippen LogP contribution in [0.25, 0.3) is 0 Å². The second-order valence-electron chi connectivity index (χ2n) is 2.29. The number of hydrogen-bond acceptors (Lipinski definition) is 3. The number of carbonyl (C=O) groups is 2. The topological polar surface area (TPSA) is 69.4 Å². The summed E-state index contributed by atoms with van der Waals surface area (Å²) in [7, 11) is 1.29. The molecule has 0 bridgehead atoms. The van der Waals surface area contributed by atoms with Gasteiger partial charge < -0.3 is 10.5 Å². The Labute approximate surface area is 77.9 Å². The number of rotatable bonds is 4. The van der Waals surface area contributed by atoms with Gasteiger partial charge in [0.05, 0.1) is 13.5 Å². The van der Waals surface area contributed by atoms with E-state index in [0.29, 0.717) is 6.42 Å². The van der Waals surface area contributed by atoms with Gasteiger partial charge >= 0.3 is 5.97 Å². The van der Waals surface area contributed by atoms with E-state index < -0.39 is 11.9 Å². The average molecular weight is 196 g/mol. The molecule has 4 nitrogen and oxygen atoms in total. The summed E-state index contributed by atoms with van der Waals surface area (Å²) >= 11 is 0. The van der Waals surface area contributed by atoms with Crippen molar-refractivity contribution in [1.82, 2.24) is 0 Å². The normalized spacial score (nSPS) is 11.2. The predicted molar refractivity (Wildman–Crippen MR) is 46.9 cm³/mol. The molecule has 0 fully saturated rings. The number of esters is 1. The number of primary amides is 1. The molecule has 0 saturated carbocycles. The van der Waals surface area contributed by atoms with E-state index in [-0.39, 0.29) is 24.7 Å². The zero-order valence-corrected chi connectivity index (χ0v) is 8.02. The zero-order valence-electron chi connectivity index (χ0n) is 7.20. The summed E-state index contributed by atoms with van der Waals surface area (Å²) in [6.45, 7) is 1.80. The van der Waals surface area contributed by atoms with Crippen LogP contribution in [0.5, 0.6) is 0 Å². The van der Waals surface area contributed by atoms with Crippen LogP contribution < -0.4 is 5.73 Å². The molecule has 0 radical (unpaired) electrons. The predicted octanol–water partition coefficient (Wildman–Crippen LogP) is 0.483. The molecule has 1 amide bonds. The second kappa shape index (κ2) is 6.91. The number of hydrogen-bond donors (Lipinski definition) is 1. The van der Waals surface area contributed by atoms with Crippen LogP contribution in [0.1, 0.15) is 19.8 Å². The van der Waals surface area contributed by atoms with Crippen LogP contribution in [0.15, 0.2) is 0 Å². The number of halogens is 1. The number of ether oxygens (including phenoxy) is 1. The molecule has 0 rings (SSSR count). The molecule has 0 heterocycles. The SMILES string of the molecule is CCC(CC(=O)OC)C(N)=O.Cl. The zero-order chi connectivity index (χ0) is 8.85. The highest BCUT2D eigenvalue weighted by molar-refractivity contribution is 5.85. The van der Waals surface area contributed by atoms with Gasteiger partial charge in [-0.15, -0.1) is 12.4 Å². The van der Waals surface area contributed by atoms with Crippen LogP contribution in [0.3, 0.4) is 0 Å². The Morgan fingerprint density at radius 3 is 2.25 bits per heavy atom. The van der Waals surface area contributed by atoms with E-state index in [9.17, 15) is 9.59 Å². The highest BCUT2D eigenvalue weighted by Gasteiger charge is 2.17. The Morgan fingerprint density at radius 1 is 1.50 bits per heavy atom. The molecule has 5 heteroatoms. The fourth-order valence-corrected chi connectivity index (χ4v) is 0.731. The van der Waals surface area contributed by atoms with Crippen molar-refractivity contribution in [3.05, 3.63) is 0 Å². The largest absolute Gasteiger partial charge is 0.469 e. The van der Waals surface area contributed by atoms with Crippen molar-refractivity contribution in [2.75, 3.05) is 7.11 Å². The summed E-state index contributed by atoms with van der Waals surface area (Å²) in [5, 5.41) is 0. The molecule has 1 atom stereocenters. The Bertz CT molecular complexity index is 161. The van der Waals surface area contributed by atoms with Gasteiger partial charge in [0.15, 0.2) is 0 Å². The molecule has 0 aromatic rings. The molecular weight excluding hydrogens is 182 g/mol. The van der Waals surface area contributed by atoms with Crippen molar-refractivity contribution >= 4 is 24.3 Å². The molecule has 0 aliphatic heterocycles. The van der Waals surface area contributed by atoms with Crippen LogP contribution in [-0.2, 0) is 14.3 Å². The van der Waals surface area contributed by atoms with E-state index in [2.05, 4.69) is 4.74 Å². The van der Waals surface area contributed by atoms with Gasteiger partial charge in [0.1, 0.15) is 0 Å². The molecular formula is C7H14ClNO3. The van der Waals surface area contributed by atoms with Crippen molar-refractivity contribution in [3.63, 3.8) is 0 Å². The minimum absolute atomic E-state index is 0. The van der Waals surface area contributed by atoms with Crippen molar-refractivity contribution in [2.45, 2.75) is 19.8 Å². The van der Waals surface area contributed by atoms with Gasteiger partial charge in [0.2, 0.25) is 5.91 Å². The third kappa shape index (κ3) is 4.96. The molecule has 12 heavy (non-hydrogen) atoms. The number of amides is 1. The summed E-state index contributed by atoms with van der Waals surface area (Å²) in [6, 6.07) is 0. The third-order valence-corrected chi connectivity index (χ3v) is 1.54. The first-order chi connectivity index (χ1) is 5.11. The van der Waals surface area contributed by atoms with Crippen LogP contribution in [0.2, 0.25) is 0 Å². The summed E-state index contributed by atoms with van der Waals surface area (Å²) in [6.07, 6.45) is 0.659. The van der Waals surface area contributed by atoms with Gasteiger partial charge in [-0.1, -0.05) is 6.92 Å². The van der Waals surface area contributed by atoms with Crippen molar-refractivity contribution in [3.8, 4) is 0 Å². The highest BCUT2D eigenvalue weighted by Crippen LogP contribution is 2.07. The monoisotopic (exact) mass is 195 g/mol. The summed E-state index contributed by atoms with van der Waals surface area (Å²) in [5.74, 6) is -1.23. The third-order valence-electron chi connectivity index (χ3n) is 1.54. The lowest BCUT2D eigenvalue weighted by Gasteiger charge is -2.07. The second-order valence-corrected chi connectivity index (χ2v) is 2.29. The summed E-state index contributed by atoms with van der Waals surface area (Å²) < 4.78 is 4.39. The standard InChI is InChI=1S/C7H13NO3.ClH/c1-3-5(7(8)10)4-6(9)11-2;/h5H,3-4H2,1-2H3,(H2,8,10);1H. The van der Waals surface area contributed by atoms with E-state index in [1.54, 1.807) is 6.92 Å². The van der Waals surface area contributed by atoms with Crippen LogP contribution in [-0.4, -0.2) is 19.0 Å². The van der Waals surface area contributed by atoms with Gasteiger partial charge in [0.25, 0.3) is 0 Å². The van der Waals surface area contributed by atoms with E-state index >= 15 is 0 Å². The molecule has 1 unspecified atom stereocenters. The Morgan fingerprint density at radius 2 is 2.00 bits per heavy atom. The Kier molecular flexibility index (Phi) is 7.94. The minimum atomic E-state index is -0.446. The smallest absolute Gasteiger partial charge is 0.306 e. The summed E-state index contributed by atoms with van der Waals surface area (Å²) in [5.41, 5.74) is 5.00. The van der Waals surface area contributed by atoms with Crippen LogP contribution in [0.4, 0.5) is 0 Å². The molecule has 0 aromatic heterocycles. The van der Waals surface area contributed by atoms with E-state index in [1.807, 2.05) is 0 Å². The van der Waals surface area contributed by atoms with Gasteiger partial charge in [-0.3, -0.25) is 9.59 Å². The first-order valence-electron chi connectivity index (χ1n) is 3.48. The number of nitrogens with two attached hydrogens (primary N) is 1. The lowest BCUT2D eigenvalue weighted by molar-refractivity contribution is -0.143. The van der Waals surface area contributed by atoms with Gasteiger partial charge in [0, 0.05) is 5.92 Å². The average Bonchev–Trinajstić information content (AvgIpc) is 1.99. The van der Waals surface area contributed by atoms with Crippen molar-refractivity contribution in [2.24, 2.45) is 11.7 Å². The maximum absolute atomic E-state index is 10.7. The van der Waals surface area contributed by atoms with E-state index in [0.717, 1.165) is 0 Å². The number of methoxy groups -OCH3 is 1. The lowest BCUT2D eigenvalue weighted by atomic mass is 10.0. The first-order valence-corrected chi connectivity index (χ1v) is 3.48. The van der Waals surface area contributed by atoms with Crippen molar-refractivity contribution < 1.29 is 14.3 Å². The van der Waals surface area contributed by atoms with E-state index in [4.69, 9.17) is 5.73 Å². The first kappa shape index (κ1) is 13.8. The molecule has 0 aliphatic carbocycles. The van der Waals surface area contributed by atoms with Gasteiger partial charge in [-0.05, 0) is 6.42 Å². The Hall–Kier alpha value is -0.770. The van der Waals surface area contributed by atoms with Crippen LogP contribution >= 0.6 is 12.4 Å².